The summed E-state index contributed by atoms with van der Waals surface area (Å²) >= 11 is 0. The average Bonchev–Trinajstić information content (AvgIpc) is 2.98. The minimum Gasteiger partial charge on any atom is -0.415 e. The number of likely N-dealkylation sites (tertiary alicyclic amines) is 1. The predicted octanol–water partition coefficient (Wildman–Crippen LogP) is 6.15. The van der Waals surface area contributed by atoms with E-state index in [4.69, 9.17) is 9.26 Å². The largest absolute Gasteiger partial charge is 0.415 e. The molecule has 5 nitrogen and oxygen atoms in total. The van der Waals surface area contributed by atoms with Crippen LogP contribution in [0.3, 0.4) is 0 Å². The third-order valence-corrected chi connectivity index (χ3v) is 12.5. The zero-order valence-electron chi connectivity index (χ0n) is 22.4. The molecule has 2 aliphatic rings. The number of benzene rings is 1. The SMILES string of the molecule is CC1(C)CCCC(C)(C)N1OC1C[C@@H](CO[Si](C)(C)C(C)(C)C)N(Cc2ccccc2)C1=O. The van der Waals surface area contributed by atoms with Crippen LogP contribution in [0.1, 0.15) is 79.7 Å². The molecule has 1 amide bonds. The van der Waals surface area contributed by atoms with Crippen molar-refractivity contribution in [2.24, 2.45) is 0 Å². The van der Waals surface area contributed by atoms with E-state index in [2.05, 4.69) is 78.8 Å². The van der Waals surface area contributed by atoms with Crippen molar-refractivity contribution < 1.29 is 14.1 Å². The van der Waals surface area contributed by atoms with Crippen LogP contribution in [0.25, 0.3) is 0 Å². The Hall–Kier alpha value is -1.21. The molecule has 2 aliphatic heterocycles. The van der Waals surface area contributed by atoms with Crippen molar-refractivity contribution in [1.82, 2.24) is 9.96 Å². The number of hydroxylamine groups is 2. The fraction of sp³-hybridized carbons (Fsp3) is 0.741. The number of rotatable bonds is 7. The first-order valence-electron chi connectivity index (χ1n) is 12.6. The van der Waals surface area contributed by atoms with Gasteiger partial charge in [0.1, 0.15) is 0 Å². The van der Waals surface area contributed by atoms with E-state index in [0.29, 0.717) is 19.6 Å². The molecule has 1 aromatic carbocycles. The summed E-state index contributed by atoms with van der Waals surface area (Å²) in [7, 11) is -1.92. The summed E-state index contributed by atoms with van der Waals surface area (Å²) in [5, 5.41) is 2.27. The number of hydrogen-bond acceptors (Lipinski definition) is 4. The van der Waals surface area contributed by atoms with Crippen molar-refractivity contribution in [3.63, 3.8) is 0 Å². The lowest BCUT2D eigenvalue weighted by atomic mass is 9.82. The summed E-state index contributed by atoms with van der Waals surface area (Å²) in [6, 6.07) is 10.3. The van der Waals surface area contributed by atoms with Gasteiger partial charge in [-0.15, -0.1) is 0 Å². The molecule has 1 aromatic rings. The quantitative estimate of drug-likeness (QED) is 0.444. The standard InChI is InChI=1S/C27H46N2O3Si/c1-25(2,3)33(8,9)31-20-22-18-23(24(30)28(22)19-21-14-11-10-12-15-21)32-29-26(4,5)16-13-17-27(29,6)7/h10-12,14-15,22-23H,13,16-20H2,1-9H3/t22-,23?/m0/s1. The molecule has 0 N–H and O–H groups in total. The van der Waals surface area contributed by atoms with Crippen LogP contribution in [0, 0.1) is 0 Å². The second kappa shape index (κ2) is 9.44. The molecule has 0 saturated carbocycles. The zero-order valence-corrected chi connectivity index (χ0v) is 23.4. The Morgan fingerprint density at radius 1 is 1.03 bits per heavy atom. The first kappa shape index (κ1) is 26.4. The van der Waals surface area contributed by atoms with E-state index in [9.17, 15) is 4.79 Å². The normalized spacial score (nSPS) is 26.1. The summed E-state index contributed by atoms with van der Waals surface area (Å²) in [6.07, 6.45) is 3.54. The summed E-state index contributed by atoms with van der Waals surface area (Å²) in [5.74, 6) is 0.0832. The Kier molecular flexibility index (Phi) is 7.55. The smallest absolute Gasteiger partial charge is 0.254 e. The summed E-state index contributed by atoms with van der Waals surface area (Å²) < 4.78 is 6.59. The number of piperidine rings is 1. The van der Waals surface area contributed by atoms with Crippen molar-refractivity contribution >= 4 is 14.2 Å². The van der Waals surface area contributed by atoms with Crippen LogP contribution >= 0.6 is 0 Å². The van der Waals surface area contributed by atoms with Gasteiger partial charge in [-0.2, -0.15) is 5.06 Å². The second-order valence-corrected chi connectivity index (χ2v) is 17.6. The van der Waals surface area contributed by atoms with E-state index in [1.165, 1.54) is 6.42 Å². The molecule has 6 heteroatoms. The molecule has 3 rings (SSSR count). The average molecular weight is 475 g/mol. The summed E-state index contributed by atoms with van der Waals surface area (Å²) in [4.78, 5) is 22.3. The molecule has 186 valence electrons. The minimum absolute atomic E-state index is 0.0212. The van der Waals surface area contributed by atoms with Gasteiger partial charge in [0.05, 0.1) is 12.6 Å². The molecule has 2 heterocycles. The Labute approximate surface area is 202 Å². The van der Waals surface area contributed by atoms with Crippen LogP contribution in [-0.2, 0) is 20.6 Å². The van der Waals surface area contributed by atoms with Crippen LogP contribution in [-0.4, -0.2) is 54.0 Å². The van der Waals surface area contributed by atoms with Crippen LogP contribution in [0.4, 0.5) is 0 Å². The molecule has 0 spiro atoms. The second-order valence-electron chi connectivity index (χ2n) is 12.8. The molecule has 2 saturated heterocycles. The Morgan fingerprint density at radius 2 is 1.61 bits per heavy atom. The molecule has 1 unspecified atom stereocenters. The Balaban J connectivity index is 1.81. The number of carbonyl (C=O) groups excluding carboxylic acids is 1. The van der Waals surface area contributed by atoms with Gasteiger partial charge < -0.3 is 9.33 Å². The maximum Gasteiger partial charge on any atom is 0.254 e. The molecular weight excluding hydrogens is 428 g/mol. The van der Waals surface area contributed by atoms with E-state index in [1.54, 1.807) is 0 Å². The molecule has 2 fully saturated rings. The zero-order chi connectivity index (χ0) is 24.7. The van der Waals surface area contributed by atoms with E-state index in [1.807, 2.05) is 23.1 Å². The first-order chi connectivity index (χ1) is 15.1. The third kappa shape index (κ3) is 5.89. The van der Waals surface area contributed by atoms with Crippen LogP contribution in [0.2, 0.25) is 18.1 Å². The summed E-state index contributed by atoms with van der Waals surface area (Å²) in [6.45, 7) is 21.4. The van der Waals surface area contributed by atoms with E-state index >= 15 is 0 Å². The van der Waals surface area contributed by atoms with Gasteiger partial charge in [0.15, 0.2) is 14.4 Å². The van der Waals surface area contributed by atoms with Gasteiger partial charge in [-0.1, -0.05) is 51.1 Å². The van der Waals surface area contributed by atoms with Crippen molar-refractivity contribution in [1.29, 1.82) is 0 Å². The first-order valence-corrected chi connectivity index (χ1v) is 15.5. The molecule has 0 aliphatic carbocycles. The number of nitrogens with zero attached hydrogens (tertiary/aromatic N) is 2. The monoisotopic (exact) mass is 474 g/mol. The number of carbonyl (C=O) groups is 1. The highest BCUT2D eigenvalue weighted by atomic mass is 28.4. The van der Waals surface area contributed by atoms with Gasteiger partial charge >= 0.3 is 0 Å². The fourth-order valence-corrected chi connectivity index (χ4v) is 6.03. The van der Waals surface area contributed by atoms with Gasteiger partial charge in [-0.25, -0.2) is 0 Å². The van der Waals surface area contributed by atoms with Crippen LogP contribution in [0.5, 0.6) is 0 Å². The molecule has 0 radical (unpaired) electrons. The van der Waals surface area contributed by atoms with E-state index in [-0.39, 0.29) is 28.1 Å². The Morgan fingerprint density at radius 3 is 2.15 bits per heavy atom. The van der Waals surface area contributed by atoms with E-state index < -0.39 is 14.4 Å². The molecular formula is C27H46N2O3Si. The third-order valence-electron chi connectivity index (χ3n) is 8.03. The highest BCUT2D eigenvalue weighted by molar-refractivity contribution is 6.74. The lowest BCUT2D eigenvalue weighted by Crippen LogP contribution is -2.59. The molecule has 33 heavy (non-hydrogen) atoms. The minimum atomic E-state index is -1.92. The highest BCUT2D eigenvalue weighted by Gasteiger charge is 2.49. The summed E-state index contributed by atoms with van der Waals surface area (Å²) in [5.41, 5.74) is 0.951. The maximum atomic E-state index is 13.7. The van der Waals surface area contributed by atoms with Gasteiger partial charge in [0, 0.05) is 24.0 Å². The predicted molar refractivity (Wildman–Crippen MR) is 137 cm³/mol. The van der Waals surface area contributed by atoms with Crippen molar-refractivity contribution in [2.75, 3.05) is 6.61 Å². The van der Waals surface area contributed by atoms with Crippen molar-refractivity contribution in [2.45, 2.75) is 122 Å². The maximum absolute atomic E-state index is 13.7. The topological polar surface area (TPSA) is 42.0 Å². The van der Waals surface area contributed by atoms with Crippen molar-refractivity contribution in [3.05, 3.63) is 35.9 Å². The van der Waals surface area contributed by atoms with Gasteiger partial charge in [0.2, 0.25) is 0 Å². The van der Waals surface area contributed by atoms with Crippen LogP contribution in [0.15, 0.2) is 30.3 Å². The van der Waals surface area contributed by atoms with Gasteiger partial charge in [0.25, 0.3) is 5.91 Å². The van der Waals surface area contributed by atoms with E-state index in [0.717, 1.165) is 18.4 Å². The van der Waals surface area contributed by atoms with Crippen molar-refractivity contribution in [3.8, 4) is 0 Å². The molecule has 0 aromatic heterocycles. The molecule has 2 atom stereocenters. The van der Waals surface area contributed by atoms with Gasteiger partial charge in [-0.3, -0.25) is 9.63 Å². The fourth-order valence-electron chi connectivity index (χ4n) is 4.98. The number of amides is 1. The molecule has 0 bridgehead atoms. The number of hydrogen-bond donors (Lipinski definition) is 0. The lowest BCUT2D eigenvalue weighted by Gasteiger charge is -2.51. The Bertz CT molecular complexity index is 800. The highest BCUT2D eigenvalue weighted by Crippen LogP contribution is 2.41. The lowest BCUT2D eigenvalue weighted by molar-refractivity contribution is -0.297. The van der Waals surface area contributed by atoms with Crippen LogP contribution < -0.4 is 0 Å². The van der Waals surface area contributed by atoms with Gasteiger partial charge in [-0.05, 0) is 70.7 Å².